The molecule has 0 amide bonds. The lowest BCUT2D eigenvalue weighted by Gasteiger charge is -2.33. The Morgan fingerprint density at radius 1 is 1.00 bits per heavy atom. The smallest absolute Gasteiger partial charge is 0.169 e. The van der Waals surface area contributed by atoms with Gasteiger partial charge in [0.25, 0.3) is 0 Å². The summed E-state index contributed by atoms with van der Waals surface area (Å²) < 4.78 is 11.4. The first-order chi connectivity index (χ1) is 8.29. The molecule has 0 aromatic rings. The zero-order valence-corrected chi connectivity index (χ0v) is 9.87. The van der Waals surface area contributed by atoms with E-state index in [-0.39, 0.29) is 5.79 Å². The van der Waals surface area contributed by atoms with Gasteiger partial charge in [0.1, 0.15) is 0 Å². The van der Waals surface area contributed by atoms with Gasteiger partial charge in [0.05, 0.1) is 18.9 Å². The summed E-state index contributed by atoms with van der Waals surface area (Å²) in [6, 6.07) is 0. The van der Waals surface area contributed by atoms with Crippen molar-refractivity contribution in [2.24, 2.45) is 0 Å². The van der Waals surface area contributed by atoms with E-state index in [2.05, 4.69) is 0 Å². The van der Waals surface area contributed by atoms with Gasteiger partial charge in [-0.2, -0.15) is 0 Å². The highest BCUT2D eigenvalue weighted by molar-refractivity contribution is 6.09. The molecular weight excluding hydrogens is 214 g/mol. The molecule has 1 aliphatic heterocycles. The van der Waals surface area contributed by atoms with E-state index in [1.54, 1.807) is 0 Å². The summed E-state index contributed by atoms with van der Waals surface area (Å²) in [5, 5.41) is 7.92. The fourth-order valence-electron chi connectivity index (χ4n) is 2.78. The first-order valence-electron chi connectivity index (χ1n) is 6.23. The molecule has 3 rings (SSSR count). The van der Waals surface area contributed by atoms with Crippen molar-refractivity contribution in [2.45, 2.75) is 31.5 Å². The van der Waals surface area contributed by atoms with Crippen LogP contribution in [-0.2, 0) is 9.47 Å². The van der Waals surface area contributed by atoms with E-state index in [9.17, 15) is 0 Å². The van der Waals surface area contributed by atoms with Crippen molar-refractivity contribution in [3.8, 4) is 0 Å². The Bertz CT molecular complexity index is 414. The minimum absolute atomic E-state index is 0.305. The van der Waals surface area contributed by atoms with Crippen molar-refractivity contribution in [3.05, 3.63) is 35.5 Å². The normalized spacial score (nSPS) is 27.2. The molecular formula is C14H17NO2. The number of rotatable bonds is 0. The lowest BCUT2D eigenvalue weighted by atomic mass is 9.85. The van der Waals surface area contributed by atoms with Gasteiger partial charge in [0.2, 0.25) is 0 Å². The highest BCUT2D eigenvalue weighted by Gasteiger charge is 2.39. The Labute approximate surface area is 101 Å². The van der Waals surface area contributed by atoms with Crippen LogP contribution < -0.4 is 0 Å². The maximum Gasteiger partial charge on any atom is 0.169 e. The Morgan fingerprint density at radius 3 is 2.29 bits per heavy atom. The van der Waals surface area contributed by atoms with E-state index in [4.69, 9.17) is 14.9 Å². The third-order valence-electron chi connectivity index (χ3n) is 3.74. The van der Waals surface area contributed by atoms with Gasteiger partial charge in [-0.3, -0.25) is 0 Å². The van der Waals surface area contributed by atoms with Gasteiger partial charge in [0.15, 0.2) is 5.79 Å². The van der Waals surface area contributed by atoms with Gasteiger partial charge in [-0.25, -0.2) is 0 Å². The molecule has 0 atom stereocenters. The molecule has 1 saturated heterocycles. The van der Waals surface area contributed by atoms with E-state index in [0.29, 0.717) is 5.71 Å². The van der Waals surface area contributed by atoms with Gasteiger partial charge in [-0.15, -0.1) is 0 Å². The van der Waals surface area contributed by atoms with Crippen LogP contribution in [0.2, 0.25) is 0 Å². The van der Waals surface area contributed by atoms with Crippen molar-refractivity contribution >= 4 is 5.71 Å². The van der Waals surface area contributed by atoms with Crippen LogP contribution >= 0.6 is 0 Å². The Kier molecular flexibility index (Phi) is 2.73. The van der Waals surface area contributed by atoms with Crippen molar-refractivity contribution in [1.82, 2.24) is 0 Å². The monoisotopic (exact) mass is 231 g/mol. The first kappa shape index (κ1) is 10.9. The summed E-state index contributed by atoms with van der Waals surface area (Å²) in [6.45, 7) is 1.45. The van der Waals surface area contributed by atoms with Crippen molar-refractivity contribution in [1.29, 1.82) is 5.41 Å². The number of nitrogens with one attached hydrogen (secondary N) is 1. The summed E-state index contributed by atoms with van der Waals surface area (Å²) >= 11 is 0. The molecule has 2 aliphatic carbocycles. The first-order valence-corrected chi connectivity index (χ1v) is 6.23. The molecule has 2 fully saturated rings. The topological polar surface area (TPSA) is 42.3 Å². The second-order valence-electron chi connectivity index (χ2n) is 4.76. The van der Waals surface area contributed by atoms with Crippen LogP contribution in [0.3, 0.4) is 0 Å². The molecule has 3 aliphatic rings. The van der Waals surface area contributed by atoms with E-state index < -0.39 is 0 Å². The molecule has 17 heavy (non-hydrogen) atoms. The third kappa shape index (κ3) is 2.01. The lowest BCUT2D eigenvalue weighted by Crippen LogP contribution is -2.33. The van der Waals surface area contributed by atoms with Gasteiger partial charge in [-0.1, -0.05) is 23.8 Å². The molecule has 1 spiro atoms. The zero-order chi connectivity index (χ0) is 11.7. The van der Waals surface area contributed by atoms with Gasteiger partial charge < -0.3 is 14.9 Å². The van der Waals surface area contributed by atoms with Crippen molar-refractivity contribution in [3.63, 3.8) is 0 Å². The quantitative estimate of drug-likeness (QED) is 0.696. The van der Waals surface area contributed by atoms with Crippen LogP contribution in [0.25, 0.3) is 0 Å². The number of hydrogen-bond acceptors (Lipinski definition) is 3. The molecule has 1 N–H and O–H groups in total. The fourth-order valence-corrected chi connectivity index (χ4v) is 2.78. The number of hydrogen-bond donors (Lipinski definition) is 1. The SMILES string of the molecule is N=C1C=CC=CC1=C1CCC2(CC1)OCCO2. The molecule has 3 nitrogen and oxygen atoms in total. The summed E-state index contributed by atoms with van der Waals surface area (Å²) in [5.41, 5.74) is 3.10. The van der Waals surface area contributed by atoms with E-state index in [0.717, 1.165) is 44.5 Å². The van der Waals surface area contributed by atoms with E-state index in [1.165, 1.54) is 5.57 Å². The maximum atomic E-state index is 7.92. The van der Waals surface area contributed by atoms with E-state index in [1.807, 2.05) is 24.3 Å². The molecule has 3 heteroatoms. The molecule has 90 valence electrons. The molecule has 1 saturated carbocycles. The van der Waals surface area contributed by atoms with Gasteiger partial charge >= 0.3 is 0 Å². The zero-order valence-electron chi connectivity index (χ0n) is 9.87. The van der Waals surface area contributed by atoms with Crippen LogP contribution in [0, 0.1) is 5.41 Å². The highest BCUT2D eigenvalue weighted by Crippen LogP contribution is 2.39. The molecule has 0 bridgehead atoms. The Balaban J connectivity index is 1.76. The predicted molar refractivity (Wildman–Crippen MR) is 66.1 cm³/mol. The Morgan fingerprint density at radius 2 is 1.65 bits per heavy atom. The Hall–Kier alpha value is -1.19. The van der Waals surface area contributed by atoms with Crippen molar-refractivity contribution < 1.29 is 9.47 Å². The van der Waals surface area contributed by atoms with E-state index >= 15 is 0 Å². The van der Waals surface area contributed by atoms with Crippen LogP contribution in [0.15, 0.2) is 35.5 Å². The van der Waals surface area contributed by atoms with Gasteiger partial charge in [0, 0.05) is 12.8 Å². The summed E-state index contributed by atoms with van der Waals surface area (Å²) in [7, 11) is 0. The highest BCUT2D eigenvalue weighted by atomic mass is 16.7. The molecule has 1 heterocycles. The van der Waals surface area contributed by atoms with Crippen LogP contribution in [-0.4, -0.2) is 24.7 Å². The largest absolute Gasteiger partial charge is 0.348 e. The average Bonchev–Trinajstić information content (AvgIpc) is 2.80. The van der Waals surface area contributed by atoms with Crippen molar-refractivity contribution in [2.75, 3.05) is 13.2 Å². The second-order valence-corrected chi connectivity index (χ2v) is 4.76. The second kappa shape index (κ2) is 4.24. The minimum atomic E-state index is -0.305. The summed E-state index contributed by atoms with van der Waals surface area (Å²) in [5.74, 6) is -0.305. The lowest BCUT2D eigenvalue weighted by molar-refractivity contribution is -0.171. The van der Waals surface area contributed by atoms with Crippen LogP contribution in [0.4, 0.5) is 0 Å². The number of ether oxygens (including phenoxy) is 2. The fraction of sp³-hybridized carbons (Fsp3) is 0.500. The minimum Gasteiger partial charge on any atom is -0.348 e. The summed E-state index contributed by atoms with van der Waals surface area (Å²) in [6.07, 6.45) is 11.6. The van der Waals surface area contributed by atoms with Crippen LogP contribution in [0.1, 0.15) is 25.7 Å². The third-order valence-corrected chi connectivity index (χ3v) is 3.74. The number of allylic oxidation sites excluding steroid dienone is 6. The maximum absolute atomic E-state index is 7.92. The molecule has 0 aromatic heterocycles. The molecule has 0 aromatic carbocycles. The van der Waals surface area contributed by atoms with Crippen LogP contribution in [0.5, 0.6) is 0 Å². The molecule has 0 radical (unpaired) electrons. The standard InChI is InChI=1S/C14H17NO2/c15-13-4-2-1-3-12(13)11-5-7-14(8-6-11)16-9-10-17-14/h1-4,15H,5-10H2. The van der Waals surface area contributed by atoms with Gasteiger partial charge in [-0.05, 0) is 24.5 Å². The average molecular weight is 231 g/mol. The molecule has 0 unspecified atom stereocenters. The summed E-state index contributed by atoms with van der Waals surface area (Å²) in [4.78, 5) is 0. The predicted octanol–water partition coefficient (Wildman–Crippen LogP) is 2.75.